The second-order valence-corrected chi connectivity index (χ2v) is 8.59. The molecule has 0 fully saturated rings. The number of hydrogen-bond acceptors (Lipinski definition) is 7. The van der Waals surface area contributed by atoms with E-state index in [2.05, 4.69) is 10.0 Å². The molecule has 172 valence electrons. The highest BCUT2D eigenvalue weighted by atomic mass is 32.2. The lowest BCUT2D eigenvalue weighted by molar-refractivity contribution is -0.384. The Morgan fingerprint density at radius 1 is 1.03 bits per heavy atom. The SMILES string of the molecule is COc1ccc(NS(=O)(=O)c2ccc(OCC(=O)Nc3cccc([N+](=O)[O-])c3)c(C)c2)cc1. The second-order valence-electron chi connectivity index (χ2n) is 6.91. The Bertz CT molecular complexity index is 1280. The van der Waals surface area contributed by atoms with Crippen LogP contribution in [0.25, 0.3) is 0 Å². The molecule has 33 heavy (non-hydrogen) atoms. The van der Waals surface area contributed by atoms with Gasteiger partial charge in [0.2, 0.25) is 0 Å². The second kappa shape index (κ2) is 10.0. The third-order valence-corrected chi connectivity index (χ3v) is 5.88. The third kappa shape index (κ3) is 6.20. The van der Waals surface area contributed by atoms with Crippen molar-refractivity contribution in [2.45, 2.75) is 11.8 Å². The number of anilines is 2. The first-order valence-electron chi connectivity index (χ1n) is 9.62. The quantitative estimate of drug-likeness (QED) is 0.358. The number of nitro benzene ring substituents is 1. The number of ether oxygens (including phenoxy) is 2. The molecule has 11 heteroatoms. The van der Waals surface area contributed by atoms with Crippen molar-refractivity contribution in [2.24, 2.45) is 0 Å². The summed E-state index contributed by atoms with van der Waals surface area (Å²) in [5, 5.41) is 13.3. The Morgan fingerprint density at radius 3 is 2.39 bits per heavy atom. The lowest BCUT2D eigenvalue weighted by Crippen LogP contribution is -2.20. The van der Waals surface area contributed by atoms with Crippen LogP contribution in [0.1, 0.15) is 5.56 Å². The van der Waals surface area contributed by atoms with E-state index in [1.807, 2.05) is 0 Å². The van der Waals surface area contributed by atoms with Crippen LogP contribution >= 0.6 is 0 Å². The molecule has 0 bridgehead atoms. The van der Waals surface area contributed by atoms with Crippen LogP contribution in [0.15, 0.2) is 71.6 Å². The highest BCUT2D eigenvalue weighted by Crippen LogP contribution is 2.24. The van der Waals surface area contributed by atoms with Crippen LogP contribution in [0.4, 0.5) is 17.1 Å². The van der Waals surface area contributed by atoms with Gasteiger partial charge in [-0.1, -0.05) is 6.07 Å². The summed E-state index contributed by atoms with van der Waals surface area (Å²) in [5.74, 6) is 0.408. The molecule has 1 amide bonds. The Morgan fingerprint density at radius 2 is 1.76 bits per heavy atom. The highest BCUT2D eigenvalue weighted by molar-refractivity contribution is 7.92. The molecule has 0 atom stereocenters. The zero-order chi connectivity index (χ0) is 24.0. The average Bonchev–Trinajstić information content (AvgIpc) is 2.78. The molecular weight excluding hydrogens is 450 g/mol. The van der Waals surface area contributed by atoms with Crippen molar-refractivity contribution in [3.63, 3.8) is 0 Å². The molecule has 0 heterocycles. The molecule has 10 nitrogen and oxygen atoms in total. The molecular formula is C22H21N3O7S. The van der Waals surface area contributed by atoms with Crippen LogP contribution in [-0.4, -0.2) is 33.0 Å². The predicted molar refractivity (Wildman–Crippen MR) is 122 cm³/mol. The van der Waals surface area contributed by atoms with Gasteiger partial charge in [-0.15, -0.1) is 0 Å². The number of benzene rings is 3. The minimum absolute atomic E-state index is 0.0317. The highest BCUT2D eigenvalue weighted by Gasteiger charge is 2.16. The number of nitrogens with zero attached hydrogens (tertiary/aromatic N) is 1. The number of carbonyl (C=O) groups is 1. The first kappa shape index (κ1) is 23.5. The molecule has 0 aliphatic carbocycles. The standard InChI is InChI=1S/C22H21N3O7S/c1-15-12-20(33(29,30)24-16-6-8-19(31-2)9-7-16)10-11-21(15)32-14-22(26)23-17-4-3-5-18(13-17)25(27)28/h3-13,24H,14H2,1-2H3,(H,23,26). The Kier molecular flexibility index (Phi) is 7.13. The minimum atomic E-state index is -3.84. The maximum atomic E-state index is 12.7. The maximum absolute atomic E-state index is 12.7. The lowest BCUT2D eigenvalue weighted by Gasteiger charge is -2.12. The molecule has 0 spiro atoms. The van der Waals surface area contributed by atoms with Gasteiger partial charge in [-0.2, -0.15) is 0 Å². The first-order valence-corrected chi connectivity index (χ1v) is 11.1. The molecule has 3 aromatic carbocycles. The number of amides is 1. The number of sulfonamides is 1. The van der Waals surface area contributed by atoms with Gasteiger partial charge in [0.05, 0.1) is 16.9 Å². The summed E-state index contributed by atoms with van der Waals surface area (Å²) in [5.41, 5.74) is 1.01. The number of hydrogen-bond donors (Lipinski definition) is 2. The van der Waals surface area contributed by atoms with Crippen molar-refractivity contribution in [1.82, 2.24) is 0 Å². The molecule has 0 aliphatic rings. The fourth-order valence-corrected chi connectivity index (χ4v) is 4.01. The molecule has 0 aliphatic heterocycles. The zero-order valence-corrected chi connectivity index (χ0v) is 18.6. The van der Waals surface area contributed by atoms with Gasteiger partial charge in [0.1, 0.15) is 11.5 Å². The van der Waals surface area contributed by atoms with Crippen LogP contribution in [0, 0.1) is 17.0 Å². The van der Waals surface area contributed by atoms with E-state index < -0.39 is 20.9 Å². The molecule has 3 rings (SSSR count). The van der Waals surface area contributed by atoms with E-state index in [9.17, 15) is 23.3 Å². The number of nitrogens with one attached hydrogen (secondary N) is 2. The third-order valence-electron chi connectivity index (χ3n) is 4.50. The van der Waals surface area contributed by atoms with Crippen molar-refractivity contribution >= 4 is 33.0 Å². The van der Waals surface area contributed by atoms with Gasteiger partial charge in [-0.25, -0.2) is 8.42 Å². The minimum Gasteiger partial charge on any atom is -0.497 e. The monoisotopic (exact) mass is 471 g/mol. The van der Waals surface area contributed by atoms with E-state index >= 15 is 0 Å². The van der Waals surface area contributed by atoms with Crippen LogP contribution in [-0.2, 0) is 14.8 Å². The number of non-ortho nitro benzene ring substituents is 1. The number of aryl methyl sites for hydroxylation is 1. The van der Waals surface area contributed by atoms with Crippen molar-refractivity contribution in [2.75, 3.05) is 23.8 Å². The summed E-state index contributed by atoms with van der Waals surface area (Å²) >= 11 is 0. The van der Waals surface area contributed by atoms with Crippen LogP contribution < -0.4 is 19.5 Å². The molecule has 0 saturated carbocycles. The van der Waals surface area contributed by atoms with E-state index in [-0.39, 0.29) is 22.9 Å². The zero-order valence-electron chi connectivity index (χ0n) is 17.8. The maximum Gasteiger partial charge on any atom is 0.271 e. The van der Waals surface area contributed by atoms with Gasteiger partial charge in [0.15, 0.2) is 6.61 Å². The first-order chi connectivity index (χ1) is 15.7. The number of rotatable bonds is 9. The van der Waals surface area contributed by atoms with Crippen LogP contribution in [0.2, 0.25) is 0 Å². The smallest absolute Gasteiger partial charge is 0.271 e. The number of methoxy groups -OCH3 is 1. The van der Waals surface area contributed by atoms with Gasteiger partial charge in [0, 0.05) is 23.5 Å². The van der Waals surface area contributed by atoms with Gasteiger partial charge in [-0.05, 0) is 61.0 Å². The van der Waals surface area contributed by atoms with E-state index in [0.717, 1.165) is 0 Å². The Balaban J connectivity index is 1.63. The fourth-order valence-electron chi connectivity index (χ4n) is 2.86. The van der Waals surface area contributed by atoms with Gasteiger partial charge in [0.25, 0.3) is 21.6 Å². The summed E-state index contributed by atoms with van der Waals surface area (Å²) in [4.78, 5) is 22.4. The number of nitro groups is 1. The normalized spacial score (nSPS) is 10.8. The summed E-state index contributed by atoms with van der Waals surface area (Å²) < 4.78 is 38.4. The summed E-state index contributed by atoms with van der Waals surface area (Å²) in [6.45, 7) is 1.29. The molecule has 0 aromatic heterocycles. The molecule has 0 unspecified atom stereocenters. The van der Waals surface area contributed by atoms with Crippen LogP contribution in [0.5, 0.6) is 11.5 Å². The molecule has 0 saturated heterocycles. The van der Waals surface area contributed by atoms with E-state index in [4.69, 9.17) is 9.47 Å². The largest absolute Gasteiger partial charge is 0.497 e. The number of carbonyl (C=O) groups excluding carboxylic acids is 1. The van der Waals surface area contributed by atoms with Crippen molar-refractivity contribution in [1.29, 1.82) is 0 Å². The van der Waals surface area contributed by atoms with E-state index in [1.54, 1.807) is 31.2 Å². The van der Waals surface area contributed by atoms with Gasteiger partial charge < -0.3 is 14.8 Å². The average molecular weight is 471 g/mol. The Hall–Kier alpha value is -4.12. The van der Waals surface area contributed by atoms with Gasteiger partial charge >= 0.3 is 0 Å². The summed E-state index contributed by atoms with van der Waals surface area (Å²) in [6, 6.07) is 16.2. The Labute approximate surface area is 190 Å². The summed E-state index contributed by atoms with van der Waals surface area (Å²) in [7, 11) is -2.32. The van der Waals surface area contributed by atoms with E-state index in [1.165, 1.54) is 49.6 Å². The van der Waals surface area contributed by atoms with Crippen molar-refractivity contribution < 1.29 is 27.6 Å². The lowest BCUT2D eigenvalue weighted by atomic mass is 10.2. The fraction of sp³-hybridized carbons (Fsp3) is 0.136. The van der Waals surface area contributed by atoms with Crippen molar-refractivity contribution in [3.05, 3.63) is 82.4 Å². The van der Waals surface area contributed by atoms with Crippen molar-refractivity contribution in [3.8, 4) is 11.5 Å². The summed E-state index contributed by atoms with van der Waals surface area (Å²) in [6.07, 6.45) is 0. The molecule has 0 radical (unpaired) electrons. The predicted octanol–water partition coefficient (Wildman–Crippen LogP) is 3.73. The van der Waals surface area contributed by atoms with Crippen LogP contribution in [0.3, 0.4) is 0 Å². The molecule has 3 aromatic rings. The topological polar surface area (TPSA) is 137 Å². The van der Waals surface area contributed by atoms with Gasteiger partial charge in [-0.3, -0.25) is 19.6 Å². The molecule has 2 N–H and O–H groups in total. The van der Waals surface area contributed by atoms with E-state index in [0.29, 0.717) is 22.7 Å².